The van der Waals surface area contributed by atoms with Gasteiger partial charge >= 0.3 is 0 Å². The van der Waals surface area contributed by atoms with Crippen molar-refractivity contribution in [3.63, 3.8) is 0 Å². The molecule has 0 aliphatic rings. The van der Waals surface area contributed by atoms with Crippen LogP contribution in [-0.4, -0.2) is 33.9 Å². The summed E-state index contributed by atoms with van der Waals surface area (Å²) in [5.74, 6) is 3.02. The van der Waals surface area contributed by atoms with Crippen molar-refractivity contribution in [3.05, 3.63) is 42.5 Å². The molecule has 0 aliphatic carbocycles. The highest BCUT2D eigenvalue weighted by Gasteiger charge is 2.04. The van der Waals surface area contributed by atoms with Crippen molar-refractivity contribution in [1.82, 2.24) is 0 Å². The van der Waals surface area contributed by atoms with Gasteiger partial charge in [-0.3, -0.25) is 0 Å². The molecule has 5 heteroatoms. The minimum atomic E-state index is 0.525. The Morgan fingerprint density at radius 1 is 0.840 bits per heavy atom. The largest absolute Gasteiger partial charge is 0.497 e. The summed E-state index contributed by atoms with van der Waals surface area (Å²) in [5.41, 5.74) is 1.98. The topological polar surface area (TPSA) is 51.8 Å². The minimum absolute atomic E-state index is 0.525. The zero-order valence-corrected chi connectivity index (χ0v) is 15.5. The van der Waals surface area contributed by atoms with Crippen LogP contribution in [0.4, 0.5) is 11.4 Å². The Balaban J connectivity index is 1.79. The summed E-state index contributed by atoms with van der Waals surface area (Å²) in [7, 11) is 3.32. The highest BCUT2D eigenvalue weighted by Crippen LogP contribution is 2.28. The summed E-state index contributed by atoms with van der Waals surface area (Å²) in [5, 5.41) is 6.74. The van der Waals surface area contributed by atoms with E-state index >= 15 is 0 Å². The standard InChI is InChI=1S/C20H28N2O3/c1-15(2)14-25-17-7-5-16(6-8-17)21-11-12-22-19-13-18(23-3)9-10-20(19)24-4/h5-10,13,15,21-22H,11-12,14H2,1-4H3. The minimum Gasteiger partial charge on any atom is -0.497 e. The molecule has 2 rings (SSSR count). The first-order chi connectivity index (χ1) is 12.1. The second kappa shape index (κ2) is 9.67. The van der Waals surface area contributed by atoms with Crippen molar-refractivity contribution in [3.8, 4) is 17.2 Å². The van der Waals surface area contributed by atoms with Gasteiger partial charge in [0.2, 0.25) is 0 Å². The fourth-order valence-corrected chi connectivity index (χ4v) is 2.29. The van der Waals surface area contributed by atoms with E-state index in [1.165, 1.54) is 0 Å². The number of anilines is 2. The molecule has 0 unspecified atom stereocenters. The highest BCUT2D eigenvalue weighted by atomic mass is 16.5. The fraction of sp³-hybridized carbons (Fsp3) is 0.400. The normalized spacial score (nSPS) is 10.4. The van der Waals surface area contributed by atoms with E-state index < -0.39 is 0 Å². The van der Waals surface area contributed by atoms with Crippen LogP contribution >= 0.6 is 0 Å². The third-order valence-electron chi connectivity index (χ3n) is 3.61. The average Bonchev–Trinajstić information content (AvgIpc) is 2.64. The molecule has 25 heavy (non-hydrogen) atoms. The highest BCUT2D eigenvalue weighted by molar-refractivity contribution is 5.60. The van der Waals surface area contributed by atoms with Crippen molar-refractivity contribution >= 4 is 11.4 Å². The van der Waals surface area contributed by atoms with Crippen LogP contribution in [0.25, 0.3) is 0 Å². The Morgan fingerprint density at radius 2 is 1.52 bits per heavy atom. The molecule has 5 nitrogen and oxygen atoms in total. The number of methoxy groups -OCH3 is 2. The quantitative estimate of drug-likeness (QED) is 0.631. The average molecular weight is 344 g/mol. The molecule has 0 saturated carbocycles. The van der Waals surface area contributed by atoms with Crippen LogP contribution in [0, 0.1) is 5.92 Å². The predicted molar refractivity (Wildman–Crippen MR) is 103 cm³/mol. The number of hydrogen-bond donors (Lipinski definition) is 2. The summed E-state index contributed by atoms with van der Waals surface area (Å²) in [4.78, 5) is 0. The smallest absolute Gasteiger partial charge is 0.142 e. The van der Waals surface area contributed by atoms with Crippen LogP contribution in [0.5, 0.6) is 17.2 Å². The third kappa shape index (κ3) is 6.10. The Labute approximate surface area is 150 Å². The number of ether oxygens (including phenoxy) is 3. The Kier molecular flexibility index (Phi) is 7.26. The van der Waals surface area contributed by atoms with Crippen molar-refractivity contribution in [2.75, 3.05) is 44.5 Å². The van der Waals surface area contributed by atoms with E-state index in [1.54, 1.807) is 14.2 Å². The SMILES string of the molecule is COc1ccc(OC)c(NCCNc2ccc(OCC(C)C)cc2)c1. The van der Waals surface area contributed by atoms with Gasteiger partial charge < -0.3 is 24.8 Å². The van der Waals surface area contributed by atoms with Crippen LogP contribution < -0.4 is 24.8 Å². The van der Waals surface area contributed by atoms with Gasteiger partial charge in [-0.25, -0.2) is 0 Å². The van der Waals surface area contributed by atoms with Crippen LogP contribution in [-0.2, 0) is 0 Å². The lowest BCUT2D eigenvalue weighted by molar-refractivity contribution is 0.271. The number of rotatable bonds is 10. The molecule has 0 aliphatic heterocycles. The summed E-state index contributed by atoms with van der Waals surface area (Å²) in [6.45, 7) is 6.56. The lowest BCUT2D eigenvalue weighted by atomic mass is 10.2. The second-order valence-electron chi connectivity index (χ2n) is 6.15. The zero-order chi connectivity index (χ0) is 18.1. The van der Waals surface area contributed by atoms with Crippen LogP contribution in [0.15, 0.2) is 42.5 Å². The lowest BCUT2D eigenvalue weighted by Gasteiger charge is -2.14. The van der Waals surface area contributed by atoms with Gasteiger partial charge in [0.05, 0.1) is 26.5 Å². The van der Waals surface area contributed by atoms with Crippen molar-refractivity contribution in [1.29, 1.82) is 0 Å². The molecule has 0 spiro atoms. The van der Waals surface area contributed by atoms with Gasteiger partial charge in [-0.1, -0.05) is 13.8 Å². The van der Waals surface area contributed by atoms with E-state index in [9.17, 15) is 0 Å². The summed E-state index contributed by atoms with van der Waals surface area (Å²) < 4.78 is 16.3. The first-order valence-electron chi connectivity index (χ1n) is 8.55. The van der Waals surface area contributed by atoms with Crippen LogP contribution in [0.3, 0.4) is 0 Å². The molecule has 0 atom stereocenters. The predicted octanol–water partition coefficient (Wildman–Crippen LogP) is 4.26. The van der Waals surface area contributed by atoms with E-state index in [-0.39, 0.29) is 0 Å². The van der Waals surface area contributed by atoms with Crippen LogP contribution in [0.1, 0.15) is 13.8 Å². The van der Waals surface area contributed by atoms with E-state index in [1.807, 2.05) is 42.5 Å². The Hall–Kier alpha value is -2.56. The fourth-order valence-electron chi connectivity index (χ4n) is 2.29. The van der Waals surface area contributed by atoms with Crippen molar-refractivity contribution in [2.24, 2.45) is 5.92 Å². The molecule has 0 amide bonds. The first-order valence-corrected chi connectivity index (χ1v) is 8.55. The summed E-state index contributed by atoms with van der Waals surface area (Å²) in [6, 6.07) is 13.7. The number of benzene rings is 2. The molecular weight excluding hydrogens is 316 g/mol. The maximum atomic E-state index is 5.69. The van der Waals surface area contributed by atoms with Gasteiger partial charge in [-0.2, -0.15) is 0 Å². The molecule has 2 aromatic carbocycles. The maximum Gasteiger partial charge on any atom is 0.142 e. The van der Waals surface area contributed by atoms with Gasteiger partial charge in [0.25, 0.3) is 0 Å². The molecule has 0 fully saturated rings. The molecule has 0 aromatic heterocycles. The first kappa shape index (κ1) is 18.8. The Morgan fingerprint density at radius 3 is 2.16 bits per heavy atom. The van der Waals surface area contributed by atoms with E-state index in [0.717, 1.165) is 48.3 Å². The van der Waals surface area contributed by atoms with Gasteiger partial charge in [0.1, 0.15) is 17.2 Å². The molecular formula is C20H28N2O3. The maximum absolute atomic E-state index is 5.69. The Bertz CT molecular complexity index is 642. The molecule has 2 aromatic rings. The van der Waals surface area contributed by atoms with Crippen LogP contribution in [0.2, 0.25) is 0 Å². The molecule has 0 bridgehead atoms. The van der Waals surface area contributed by atoms with Gasteiger partial charge in [0.15, 0.2) is 0 Å². The van der Waals surface area contributed by atoms with Gasteiger partial charge in [-0.05, 0) is 42.3 Å². The molecule has 2 N–H and O–H groups in total. The van der Waals surface area contributed by atoms with Gasteiger partial charge in [0, 0.05) is 24.8 Å². The van der Waals surface area contributed by atoms with Crippen molar-refractivity contribution in [2.45, 2.75) is 13.8 Å². The zero-order valence-electron chi connectivity index (χ0n) is 15.5. The summed E-state index contributed by atoms with van der Waals surface area (Å²) >= 11 is 0. The monoisotopic (exact) mass is 344 g/mol. The number of nitrogens with one attached hydrogen (secondary N) is 2. The third-order valence-corrected chi connectivity index (χ3v) is 3.61. The molecule has 0 saturated heterocycles. The van der Waals surface area contributed by atoms with E-state index in [2.05, 4.69) is 24.5 Å². The van der Waals surface area contributed by atoms with E-state index in [0.29, 0.717) is 5.92 Å². The molecule has 0 heterocycles. The molecule has 136 valence electrons. The van der Waals surface area contributed by atoms with E-state index in [4.69, 9.17) is 14.2 Å². The lowest BCUT2D eigenvalue weighted by Crippen LogP contribution is -2.14. The van der Waals surface area contributed by atoms with Gasteiger partial charge in [-0.15, -0.1) is 0 Å². The number of hydrogen-bond acceptors (Lipinski definition) is 5. The summed E-state index contributed by atoms with van der Waals surface area (Å²) in [6.07, 6.45) is 0. The molecule has 0 radical (unpaired) electrons. The van der Waals surface area contributed by atoms with Crippen molar-refractivity contribution < 1.29 is 14.2 Å². The second-order valence-corrected chi connectivity index (χ2v) is 6.15.